The van der Waals surface area contributed by atoms with E-state index in [2.05, 4.69) is 10.3 Å². The topological polar surface area (TPSA) is 51.2 Å². The van der Waals surface area contributed by atoms with Crippen molar-refractivity contribution in [2.45, 2.75) is 13.5 Å². The van der Waals surface area contributed by atoms with Crippen LogP contribution in [0.2, 0.25) is 0 Å². The van der Waals surface area contributed by atoms with Crippen LogP contribution in [0.25, 0.3) is 0 Å². The Morgan fingerprint density at radius 2 is 1.75 bits per heavy atom. The number of carbonyl (C=O) groups is 1. The largest absolute Gasteiger partial charge is 0.471 e. The fourth-order valence-corrected chi connectivity index (χ4v) is 2.22. The van der Waals surface area contributed by atoms with Crippen molar-refractivity contribution in [3.05, 3.63) is 89.6 Å². The smallest absolute Gasteiger partial charge is 0.255 e. The number of aryl methyl sites for hydroxylation is 1. The number of rotatable bonds is 5. The van der Waals surface area contributed by atoms with Gasteiger partial charge in [0.2, 0.25) is 5.88 Å². The highest BCUT2D eigenvalue weighted by atomic mass is 16.5. The summed E-state index contributed by atoms with van der Waals surface area (Å²) in [4.78, 5) is 16.5. The summed E-state index contributed by atoms with van der Waals surface area (Å²) in [6, 6.07) is 20.7. The van der Waals surface area contributed by atoms with Crippen LogP contribution in [0.3, 0.4) is 0 Å². The highest BCUT2D eigenvalue weighted by Crippen LogP contribution is 2.22. The third kappa shape index (κ3) is 3.98. The molecule has 2 aromatic carbocycles. The second kappa shape index (κ2) is 7.42. The molecule has 1 amide bonds. The van der Waals surface area contributed by atoms with Crippen LogP contribution < -0.4 is 10.1 Å². The number of carbonyl (C=O) groups excluding carboxylic acids is 1. The summed E-state index contributed by atoms with van der Waals surface area (Å²) in [5.41, 5.74) is 3.39. The lowest BCUT2D eigenvalue weighted by Gasteiger charge is -2.11. The fraction of sp³-hybridized carbons (Fsp3) is 0.100. The molecule has 0 bridgehead atoms. The first-order valence-electron chi connectivity index (χ1n) is 7.72. The molecule has 0 unspecified atom stereocenters. The summed E-state index contributed by atoms with van der Waals surface area (Å²) in [6.07, 6.45) is 1.64. The fourth-order valence-electron chi connectivity index (χ4n) is 2.22. The predicted molar refractivity (Wildman–Crippen MR) is 94.1 cm³/mol. The number of nitrogens with one attached hydrogen (secondary N) is 1. The number of aromatic nitrogens is 1. The number of anilines is 1. The molecule has 3 rings (SSSR count). The number of benzene rings is 2. The second-order valence-corrected chi connectivity index (χ2v) is 5.45. The van der Waals surface area contributed by atoms with Crippen LogP contribution >= 0.6 is 0 Å². The molecule has 120 valence electrons. The first-order chi connectivity index (χ1) is 11.7. The monoisotopic (exact) mass is 318 g/mol. The van der Waals surface area contributed by atoms with Gasteiger partial charge in [0.15, 0.2) is 0 Å². The Labute approximate surface area is 141 Å². The van der Waals surface area contributed by atoms with Gasteiger partial charge in [-0.05, 0) is 36.8 Å². The zero-order valence-corrected chi connectivity index (χ0v) is 13.4. The van der Waals surface area contributed by atoms with Gasteiger partial charge in [0.25, 0.3) is 5.91 Å². The lowest BCUT2D eigenvalue weighted by Crippen LogP contribution is -2.13. The molecule has 0 radical (unpaired) electrons. The van der Waals surface area contributed by atoms with E-state index in [4.69, 9.17) is 4.74 Å². The van der Waals surface area contributed by atoms with Crippen LogP contribution in [-0.2, 0) is 6.61 Å². The van der Waals surface area contributed by atoms with Gasteiger partial charge >= 0.3 is 0 Å². The molecule has 4 heteroatoms. The number of hydrogen-bond donors (Lipinski definition) is 1. The van der Waals surface area contributed by atoms with Gasteiger partial charge in [-0.2, -0.15) is 0 Å². The molecule has 3 aromatic rings. The summed E-state index contributed by atoms with van der Waals surface area (Å²) < 4.78 is 5.77. The summed E-state index contributed by atoms with van der Waals surface area (Å²) in [6.45, 7) is 2.44. The van der Waals surface area contributed by atoms with E-state index in [1.54, 1.807) is 30.5 Å². The molecule has 0 aliphatic rings. The molecule has 4 nitrogen and oxygen atoms in total. The Morgan fingerprint density at radius 1 is 1.00 bits per heavy atom. The Bertz CT molecular complexity index is 815. The van der Waals surface area contributed by atoms with Crippen molar-refractivity contribution in [1.82, 2.24) is 4.98 Å². The van der Waals surface area contributed by atoms with E-state index in [9.17, 15) is 4.79 Å². The maximum absolute atomic E-state index is 12.3. The number of pyridine rings is 1. The predicted octanol–water partition coefficient (Wildman–Crippen LogP) is 4.22. The minimum Gasteiger partial charge on any atom is -0.471 e. The van der Waals surface area contributed by atoms with Gasteiger partial charge in [0.1, 0.15) is 12.3 Å². The number of hydrogen-bond acceptors (Lipinski definition) is 3. The molecule has 0 fully saturated rings. The van der Waals surface area contributed by atoms with Gasteiger partial charge < -0.3 is 10.1 Å². The molecule has 1 heterocycles. The number of ether oxygens (including phenoxy) is 1. The van der Waals surface area contributed by atoms with Gasteiger partial charge in [-0.25, -0.2) is 4.98 Å². The molecule has 0 aliphatic carbocycles. The molecule has 24 heavy (non-hydrogen) atoms. The molecule has 0 atom stereocenters. The van der Waals surface area contributed by atoms with Crippen molar-refractivity contribution in [3.63, 3.8) is 0 Å². The summed E-state index contributed by atoms with van der Waals surface area (Å²) in [5.74, 6) is 0.214. The van der Waals surface area contributed by atoms with E-state index in [1.807, 2.05) is 49.4 Å². The molecule has 1 aromatic heterocycles. The maximum atomic E-state index is 12.3. The minimum atomic E-state index is -0.191. The van der Waals surface area contributed by atoms with E-state index in [1.165, 1.54) is 5.56 Å². The van der Waals surface area contributed by atoms with E-state index in [0.29, 0.717) is 23.7 Å². The first kappa shape index (κ1) is 15.7. The first-order valence-corrected chi connectivity index (χ1v) is 7.72. The highest BCUT2D eigenvalue weighted by Gasteiger charge is 2.10. The third-order valence-corrected chi connectivity index (χ3v) is 3.55. The van der Waals surface area contributed by atoms with Crippen molar-refractivity contribution in [3.8, 4) is 5.88 Å². The molecule has 0 saturated heterocycles. The van der Waals surface area contributed by atoms with Crippen molar-refractivity contribution in [2.24, 2.45) is 0 Å². The van der Waals surface area contributed by atoms with Gasteiger partial charge in [-0.3, -0.25) is 4.79 Å². The van der Waals surface area contributed by atoms with E-state index < -0.39 is 0 Å². The summed E-state index contributed by atoms with van der Waals surface area (Å²) >= 11 is 0. The average molecular weight is 318 g/mol. The molecular formula is C20H18N2O2. The molecule has 0 spiro atoms. The van der Waals surface area contributed by atoms with Gasteiger partial charge in [0.05, 0.1) is 0 Å². The van der Waals surface area contributed by atoms with Gasteiger partial charge in [0, 0.05) is 11.8 Å². The van der Waals surface area contributed by atoms with Crippen molar-refractivity contribution < 1.29 is 9.53 Å². The zero-order chi connectivity index (χ0) is 16.8. The maximum Gasteiger partial charge on any atom is 0.255 e. The third-order valence-electron chi connectivity index (χ3n) is 3.55. The van der Waals surface area contributed by atoms with Crippen molar-refractivity contribution in [1.29, 1.82) is 0 Å². The number of amides is 1. The second-order valence-electron chi connectivity index (χ2n) is 5.45. The average Bonchev–Trinajstić information content (AvgIpc) is 2.63. The lowest BCUT2D eigenvalue weighted by atomic mass is 10.2. The van der Waals surface area contributed by atoms with Crippen LogP contribution in [-0.4, -0.2) is 10.9 Å². The van der Waals surface area contributed by atoms with Crippen molar-refractivity contribution in [2.75, 3.05) is 5.32 Å². The zero-order valence-electron chi connectivity index (χ0n) is 13.4. The van der Waals surface area contributed by atoms with Crippen LogP contribution in [0.4, 0.5) is 5.69 Å². The Hall–Kier alpha value is -3.14. The van der Waals surface area contributed by atoms with Gasteiger partial charge in [-0.15, -0.1) is 0 Å². The van der Waals surface area contributed by atoms with E-state index in [0.717, 1.165) is 5.56 Å². The molecular weight excluding hydrogens is 300 g/mol. The quantitative estimate of drug-likeness (QED) is 0.766. The lowest BCUT2D eigenvalue weighted by molar-refractivity contribution is 0.102. The Kier molecular flexibility index (Phi) is 4.87. The number of nitrogens with zero attached hydrogens (tertiary/aromatic N) is 1. The SMILES string of the molecule is Cc1ccc(COc2ncccc2NC(=O)c2ccccc2)cc1. The van der Waals surface area contributed by atoms with Crippen LogP contribution in [0.5, 0.6) is 5.88 Å². The van der Waals surface area contributed by atoms with Crippen LogP contribution in [0, 0.1) is 6.92 Å². The van der Waals surface area contributed by atoms with Crippen LogP contribution in [0.15, 0.2) is 72.9 Å². The van der Waals surface area contributed by atoms with E-state index >= 15 is 0 Å². The molecule has 0 aliphatic heterocycles. The Balaban J connectivity index is 1.71. The molecule has 1 N–H and O–H groups in total. The highest BCUT2D eigenvalue weighted by molar-refractivity contribution is 6.04. The standard InChI is InChI=1S/C20H18N2O2/c1-15-9-11-16(12-10-15)14-24-20-18(8-5-13-21-20)22-19(23)17-6-3-2-4-7-17/h2-13H,14H2,1H3,(H,22,23). The summed E-state index contributed by atoms with van der Waals surface area (Å²) in [7, 11) is 0. The minimum absolute atomic E-state index is 0.191. The van der Waals surface area contributed by atoms with E-state index in [-0.39, 0.29) is 5.91 Å². The van der Waals surface area contributed by atoms with Crippen LogP contribution in [0.1, 0.15) is 21.5 Å². The Morgan fingerprint density at radius 3 is 2.50 bits per heavy atom. The van der Waals surface area contributed by atoms with Gasteiger partial charge in [-0.1, -0.05) is 48.0 Å². The van der Waals surface area contributed by atoms with Crippen molar-refractivity contribution >= 4 is 11.6 Å². The normalized spacial score (nSPS) is 10.2. The summed E-state index contributed by atoms with van der Waals surface area (Å²) in [5, 5.41) is 2.85. The molecule has 0 saturated carbocycles.